The molecule has 0 aliphatic carbocycles. The first-order valence-corrected chi connectivity index (χ1v) is 6.08. The Morgan fingerprint density at radius 2 is 2.00 bits per heavy atom. The van der Waals surface area contributed by atoms with Crippen LogP contribution in [0.2, 0.25) is 0 Å². The lowest BCUT2D eigenvalue weighted by atomic mass is 10.2. The van der Waals surface area contributed by atoms with Crippen molar-refractivity contribution in [3.63, 3.8) is 0 Å². The second kappa shape index (κ2) is 10.6. The van der Waals surface area contributed by atoms with Crippen LogP contribution in [0.4, 0.5) is 0 Å². The summed E-state index contributed by atoms with van der Waals surface area (Å²) in [5, 5.41) is 9.26. The van der Waals surface area contributed by atoms with Gasteiger partial charge in [0.1, 0.15) is 6.26 Å². The summed E-state index contributed by atoms with van der Waals surface area (Å²) >= 11 is 0. The smallest absolute Gasteiger partial charge is 0.329 e. The first-order valence-electron chi connectivity index (χ1n) is 6.08. The number of carboxylic acid groups (broad SMARTS) is 1. The number of carbonyl (C=O) groups excluding carboxylic acids is 1. The summed E-state index contributed by atoms with van der Waals surface area (Å²) in [6, 6.07) is 0. The van der Waals surface area contributed by atoms with Crippen molar-refractivity contribution in [1.29, 1.82) is 0 Å². The fraction of sp³-hybridized carbons (Fsp3) is 0.667. The summed E-state index contributed by atoms with van der Waals surface area (Å²) in [4.78, 5) is 31.5. The quantitative estimate of drug-likeness (QED) is 0.368. The molecule has 0 saturated carbocycles. The van der Waals surface area contributed by atoms with Gasteiger partial charge in [-0.15, -0.1) is 0 Å². The van der Waals surface area contributed by atoms with Gasteiger partial charge in [0.25, 0.3) is 0 Å². The zero-order chi connectivity index (χ0) is 13.8. The molecule has 0 spiro atoms. The van der Waals surface area contributed by atoms with E-state index in [1.54, 1.807) is 13.0 Å². The highest BCUT2D eigenvalue weighted by atomic mass is 17.0. The highest BCUT2D eigenvalue weighted by molar-refractivity contribution is 5.71. The number of hydroxylamine groups is 2. The molecule has 0 aromatic heterocycles. The molecule has 1 N–H and O–H groups in total. The Bertz CT molecular complexity index is 278. The first kappa shape index (κ1) is 16.4. The van der Waals surface area contributed by atoms with Crippen LogP contribution < -0.4 is 0 Å². The number of allylic oxidation sites excluding steroid dienone is 1. The van der Waals surface area contributed by atoms with Crippen LogP contribution in [0.1, 0.15) is 46.0 Å². The minimum absolute atomic E-state index is 0.259. The number of aliphatic carboxylic acids is 1. The largest absolute Gasteiger partial charge is 0.480 e. The van der Waals surface area contributed by atoms with Gasteiger partial charge in [-0.25, -0.2) is 0 Å². The molecule has 0 aliphatic heterocycles. The molecule has 0 saturated heterocycles. The maximum absolute atomic E-state index is 11.4. The first-order chi connectivity index (χ1) is 8.60. The van der Waals surface area contributed by atoms with E-state index in [4.69, 9.17) is 14.8 Å². The van der Waals surface area contributed by atoms with E-state index in [0.717, 1.165) is 25.7 Å². The number of unbranched alkanes of at least 4 members (excludes halogenated alkanes) is 3. The van der Waals surface area contributed by atoms with Gasteiger partial charge in [0, 0.05) is 11.6 Å². The molecular formula is C12H21NO5. The summed E-state index contributed by atoms with van der Waals surface area (Å²) in [5.74, 6) is -1.63. The molecule has 0 aromatic rings. The molecule has 0 aliphatic rings. The van der Waals surface area contributed by atoms with Crippen LogP contribution in [-0.4, -0.2) is 28.8 Å². The Labute approximate surface area is 107 Å². The Balaban J connectivity index is 3.97. The van der Waals surface area contributed by atoms with E-state index in [9.17, 15) is 9.59 Å². The minimum Gasteiger partial charge on any atom is -0.480 e. The predicted octanol–water partition coefficient (Wildman–Crippen LogP) is 2.27. The summed E-state index contributed by atoms with van der Waals surface area (Å²) in [5.41, 5.74) is 0. The van der Waals surface area contributed by atoms with Crippen molar-refractivity contribution in [2.45, 2.75) is 46.0 Å². The molecule has 0 bridgehead atoms. The van der Waals surface area contributed by atoms with E-state index >= 15 is 0 Å². The van der Waals surface area contributed by atoms with Crippen molar-refractivity contribution >= 4 is 11.9 Å². The van der Waals surface area contributed by atoms with E-state index in [0.29, 0.717) is 5.23 Å². The molecule has 0 unspecified atom stereocenters. The molecule has 0 aromatic carbocycles. The number of hydrogen-bond donors (Lipinski definition) is 1. The van der Waals surface area contributed by atoms with Gasteiger partial charge in [-0.2, -0.15) is 0 Å². The van der Waals surface area contributed by atoms with E-state index < -0.39 is 18.5 Å². The Hall–Kier alpha value is -1.56. The van der Waals surface area contributed by atoms with Gasteiger partial charge in [0.05, 0.1) is 0 Å². The number of rotatable bonds is 10. The van der Waals surface area contributed by atoms with Crippen molar-refractivity contribution in [1.82, 2.24) is 5.23 Å². The average Bonchev–Trinajstić information content (AvgIpc) is 2.31. The molecule has 0 heterocycles. The third-order valence-electron chi connectivity index (χ3n) is 2.02. The van der Waals surface area contributed by atoms with E-state index in [1.807, 2.05) is 0 Å². The second-order valence-electron chi connectivity index (χ2n) is 3.73. The monoisotopic (exact) mass is 259 g/mol. The number of hydrogen-bond acceptors (Lipinski definition) is 5. The van der Waals surface area contributed by atoms with Gasteiger partial charge in [-0.1, -0.05) is 32.3 Å². The fourth-order valence-corrected chi connectivity index (χ4v) is 1.19. The van der Waals surface area contributed by atoms with Gasteiger partial charge in [-0.05, 0) is 13.3 Å². The average molecular weight is 259 g/mol. The normalized spacial score (nSPS) is 10.8. The van der Waals surface area contributed by atoms with Gasteiger partial charge in [0.15, 0.2) is 6.54 Å². The van der Waals surface area contributed by atoms with E-state index in [1.165, 1.54) is 6.26 Å². The van der Waals surface area contributed by atoms with Crippen molar-refractivity contribution in [3.8, 4) is 0 Å². The highest BCUT2D eigenvalue weighted by Crippen LogP contribution is 2.05. The third kappa shape index (κ3) is 9.65. The molecule has 6 heteroatoms. The standard InChI is InChI=1S/C12H21NO5/c1-3-5-6-7-8-12(16)18-13(10-11(14)15)17-9-4-2/h4,9H,3,5-8,10H2,1-2H3,(H,14,15). The van der Waals surface area contributed by atoms with Gasteiger partial charge in [0.2, 0.25) is 0 Å². The molecule has 0 rings (SSSR count). The summed E-state index contributed by atoms with van der Waals surface area (Å²) < 4.78 is 0. The topological polar surface area (TPSA) is 76.1 Å². The lowest BCUT2D eigenvalue weighted by molar-refractivity contribution is -0.317. The van der Waals surface area contributed by atoms with Crippen molar-refractivity contribution in [2.24, 2.45) is 0 Å². The molecule has 18 heavy (non-hydrogen) atoms. The van der Waals surface area contributed by atoms with Crippen LogP contribution >= 0.6 is 0 Å². The van der Waals surface area contributed by atoms with E-state index in [2.05, 4.69) is 6.92 Å². The van der Waals surface area contributed by atoms with Crippen molar-refractivity contribution < 1.29 is 24.4 Å². The van der Waals surface area contributed by atoms with Crippen molar-refractivity contribution in [3.05, 3.63) is 12.3 Å². The van der Waals surface area contributed by atoms with Crippen molar-refractivity contribution in [2.75, 3.05) is 6.54 Å². The number of nitrogens with zero attached hydrogens (tertiary/aromatic N) is 1. The lowest BCUT2D eigenvalue weighted by Gasteiger charge is -2.16. The SMILES string of the molecule is CC=CON(CC(=O)O)OC(=O)CCCCCC. The molecule has 0 atom stereocenters. The maximum Gasteiger partial charge on any atom is 0.329 e. The van der Waals surface area contributed by atoms with Gasteiger partial charge in [-0.3, -0.25) is 9.59 Å². The van der Waals surface area contributed by atoms with Crippen LogP contribution in [0, 0.1) is 0 Å². The fourth-order valence-electron chi connectivity index (χ4n) is 1.19. The Kier molecular flexibility index (Phi) is 9.67. The van der Waals surface area contributed by atoms with Crippen LogP contribution in [0.3, 0.4) is 0 Å². The lowest BCUT2D eigenvalue weighted by Crippen LogP contribution is -2.31. The molecule has 0 amide bonds. The Morgan fingerprint density at radius 3 is 2.56 bits per heavy atom. The highest BCUT2D eigenvalue weighted by Gasteiger charge is 2.15. The third-order valence-corrected chi connectivity index (χ3v) is 2.02. The van der Waals surface area contributed by atoms with Crippen LogP contribution in [0.5, 0.6) is 0 Å². The molecule has 104 valence electrons. The maximum atomic E-state index is 11.4. The zero-order valence-corrected chi connectivity index (χ0v) is 10.9. The summed E-state index contributed by atoms with van der Waals surface area (Å²) in [7, 11) is 0. The zero-order valence-electron chi connectivity index (χ0n) is 10.9. The van der Waals surface area contributed by atoms with Crippen LogP contribution in [-0.2, 0) is 19.3 Å². The Morgan fingerprint density at radius 1 is 1.28 bits per heavy atom. The number of carbonyl (C=O) groups is 2. The molecular weight excluding hydrogens is 238 g/mol. The molecule has 0 radical (unpaired) electrons. The van der Waals surface area contributed by atoms with Crippen LogP contribution in [0.25, 0.3) is 0 Å². The van der Waals surface area contributed by atoms with Crippen LogP contribution in [0.15, 0.2) is 12.3 Å². The predicted molar refractivity (Wildman–Crippen MR) is 65.1 cm³/mol. The van der Waals surface area contributed by atoms with Gasteiger partial charge >= 0.3 is 11.9 Å². The van der Waals surface area contributed by atoms with Gasteiger partial charge < -0.3 is 14.8 Å². The second-order valence-corrected chi connectivity index (χ2v) is 3.73. The summed E-state index contributed by atoms with van der Waals surface area (Å²) in [6.45, 7) is 3.26. The molecule has 6 nitrogen and oxygen atoms in total. The molecule has 0 fully saturated rings. The van der Waals surface area contributed by atoms with E-state index in [-0.39, 0.29) is 6.42 Å². The minimum atomic E-state index is -1.14. The number of carboxylic acids is 1. The summed E-state index contributed by atoms with van der Waals surface area (Å²) in [6.07, 6.45) is 6.91.